The van der Waals surface area contributed by atoms with Crippen molar-refractivity contribution in [3.63, 3.8) is 0 Å². The number of pyridine rings is 1. The summed E-state index contributed by atoms with van der Waals surface area (Å²) in [4.78, 5) is 25.7. The maximum atomic E-state index is 13.6. The van der Waals surface area contributed by atoms with Crippen LogP contribution in [-0.2, 0) is 17.9 Å². The lowest BCUT2D eigenvalue weighted by atomic mass is 10.2. The second-order valence-electron chi connectivity index (χ2n) is 5.26. The highest BCUT2D eigenvalue weighted by Gasteiger charge is 2.14. The maximum Gasteiger partial charge on any atom is 0.269 e. The molecule has 2 rings (SSSR count). The van der Waals surface area contributed by atoms with Gasteiger partial charge in [-0.2, -0.15) is 5.26 Å². The summed E-state index contributed by atoms with van der Waals surface area (Å²) in [6.07, 6.45) is 1.48. The predicted molar refractivity (Wildman–Crippen MR) is 83.0 cm³/mol. The molecule has 1 aromatic carbocycles. The molecule has 23 heavy (non-hydrogen) atoms. The number of hydrogen-bond donors (Lipinski definition) is 0. The molecule has 6 heteroatoms. The third-order valence-corrected chi connectivity index (χ3v) is 3.58. The summed E-state index contributed by atoms with van der Waals surface area (Å²) in [5.74, 6) is -0.727. The van der Waals surface area contributed by atoms with Crippen molar-refractivity contribution in [2.24, 2.45) is 0 Å². The molecule has 0 aliphatic rings. The van der Waals surface area contributed by atoms with Crippen LogP contribution in [0, 0.1) is 24.1 Å². The number of nitriles is 1. The van der Waals surface area contributed by atoms with Crippen LogP contribution < -0.4 is 5.56 Å². The number of nitrogens with zero attached hydrogens (tertiary/aromatic N) is 3. The minimum Gasteiger partial charge on any atom is -0.340 e. The SMILES string of the molecule is Cc1ccn(CC(=O)N(C)Cc2ccccc2F)c(=O)c1C#N. The Hall–Kier alpha value is -2.94. The van der Waals surface area contributed by atoms with Gasteiger partial charge in [0.15, 0.2) is 0 Å². The van der Waals surface area contributed by atoms with Crippen LogP contribution in [0.2, 0.25) is 0 Å². The van der Waals surface area contributed by atoms with Crippen molar-refractivity contribution in [1.82, 2.24) is 9.47 Å². The summed E-state index contributed by atoms with van der Waals surface area (Å²) in [6, 6.07) is 9.67. The van der Waals surface area contributed by atoms with E-state index < -0.39 is 5.56 Å². The molecule has 0 saturated carbocycles. The van der Waals surface area contributed by atoms with E-state index in [0.29, 0.717) is 11.1 Å². The zero-order valence-electron chi connectivity index (χ0n) is 12.9. The van der Waals surface area contributed by atoms with Crippen LogP contribution in [-0.4, -0.2) is 22.4 Å². The van der Waals surface area contributed by atoms with E-state index in [-0.39, 0.29) is 30.4 Å². The van der Waals surface area contributed by atoms with Crippen molar-refractivity contribution < 1.29 is 9.18 Å². The zero-order chi connectivity index (χ0) is 17.0. The monoisotopic (exact) mass is 313 g/mol. The van der Waals surface area contributed by atoms with E-state index in [9.17, 15) is 14.0 Å². The third-order valence-electron chi connectivity index (χ3n) is 3.58. The Balaban J connectivity index is 2.15. The number of hydrogen-bond acceptors (Lipinski definition) is 3. The van der Waals surface area contributed by atoms with Crippen LogP contribution in [0.5, 0.6) is 0 Å². The molecule has 1 heterocycles. The highest BCUT2D eigenvalue weighted by molar-refractivity contribution is 5.75. The Bertz CT molecular complexity index is 836. The van der Waals surface area contributed by atoms with Crippen molar-refractivity contribution in [3.8, 4) is 6.07 Å². The largest absolute Gasteiger partial charge is 0.340 e. The number of likely N-dealkylation sites (N-methyl/N-ethyl adjacent to an activating group) is 1. The molecule has 0 aliphatic heterocycles. The summed E-state index contributed by atoms with van der Waals surface area (Å²) >= 11 is 0. The van der Waals surface area contributed by atoms with Gasteiger partial charge in [0, 0.05) is 25.4 Å². The van der Waals surface area contributed by atoms with Crippen LogP contribution in [0.4, 0.5) is 4.39 Å². The fourth-order valence-electron chi connectivity index (χ4n) is 2.16. The molecule has 0 bridgehead atoms. The van der Waals surface area contributed by atoms with Crippen molar-refractivity contribution in [3.05, 3.63) is 69.4 Å². The van der Waals surface area contributed by atoms with Gasteiger partial charge in [0.2, 0.25) is 5.91 Å². The first kappa shape index (κ1) is 16.4. The number of aryl methyl sites for hydroxylation is 1. The molecular formula is C17H16FN3O2. The zero-order valence-corrected chi connectivity index (χ0v) is 12.9. The molecule has 0 unspecified atom stereocenters. The molecule has 0 aliphatic carbocycles. The van der Waals surface area contributed by atoms with Gasteiger partial charge in [-0.3, -0.25) is 9.59 Å². The minimum absolute atomic E-state index is 0.0251. The number of carbonyl (C=O) groups excluding carboxylic acids is 1. The van der Waals surface area contributed by atoms with Crippen LogP contribution in [0.25, 0.3) is 0 Å². The minimum atomic E-state index is -0.500. The molecule has 0 saturated heterocycles. The summed E-state index contributed by atoms with van der Waals surface area (Å²) in [6.45, 7) is 1.58. The molecule has 0 atom stereocenters. The average molecular weight is 313 g/mol. The van der Waals surface area contributed by atoms with Crippen molar-refractivity contribution >= 4 is 5.91 Å². The van der Waals surface area contributed by atoms with Crippen molar-refractivity contribution in [2.45, 2.75) is 20.0 Å². The molecule has 0 N–H and O–H groups in total. The van der Waals surface area contributed by atoms with Crippen molar-refractivity contribution in [2.75, 3.05) is 7.05 Å². The third kappa shape index (κ3) is 3.64. The Kier molecular flexibility index (Phi) is 4.91. The number of carbonyl (C=O) groups is 1. The summed E-state index contributed by atoms with van der Waals surface area (Å²) in [7, 11) is 1.54. The summed E-state index contributed by atoms with van der Waals surface area (Å²) in [5.41, 5.74) is 0.496. The highest BCUT2D eigenvalue weighted by atomic mass is 19.1. The van der Waals surface area contributed by atoms with Gasteiger partial charge in [0.25, 0.3) is 5.56 Å². The Morgan fingerprint density at radius 1 is 1.35 bits per heavy atom. The average Bonchev–Trinajstić information content (AvgIpc) is 2.52. The van der Waals surface area contributed by atoms with Crippen LogP contribution >= 0.6 is 0 Å². The molecule has 118 valence electrons. The summed E-state index contributed by atoms with van der Waals surface area (Å²) < 4.78 is 14.8. The van der Waals surface area contributed by atoms with E-state index >= 15 is 0 Å². The molecule has 5 nitrogen and oxygen atoms in total. The van der Waals surface area contributed by atoms with Gasteiger partial charge in [-0.1, -0.05) is 18.2 Å². The quantitative estimate of drug-likeness (QED) is 0.865. The van der Waals surface area contributed by atoms with Gasteiger partial charge >= 0.3 is 0 Å². The second-order valence-corrected chi connectivity index (χ2v) is 5.26. The first-order valence-electron chi connectivity index (χ1n) is 7.01. The molecule has 1 amide bonds. The predicted octanol–water partition coefficient (Wildman–Crippen LogP) is 1.83. The van der Waals surface area contributed by atoms with Crippen LogP contribution in [0.3, 0.4) is 0 Å². The van der Waals surface area contributed by atoms with Gasteiger partial charge in [0.1, 0.15) is 24.0 Å². The lowest BCUT2D eigenvalue weighted by molar-refractivity contribution is -0.131. The van der Waals surface area contributed by atoms with E-state index in [4.69, 9.17) is 5.26 Å². The highest BCUT2D eigenvalue weighted by Crippen LogP contribution is 2.09. The standard InChI is InChI=1S/C17H16FN3O2/c1-12-7-8-21(17(23)14(12)9-19)11-16(22)20(2)10-13-5-3-4-6-15(13)18/h3-8H,10-11H2,1-2H3. The number of aromatic nitrogens is 1. The normalized spacial score (nSPS) is 10.2. The van der Waals surface area contributed by atoms with Crippen LogP contribution in [0.15, 0.2) is 41.3 Å². The van der Waals surface area contributed by atoms with Gasteiger partial charge in [-0.25, -0.2) is 4.39 Å². The molecule has 2 aromatic rings. The van der Waals surface area contributed by atoms with E-state index in [1.54, 1.807) is 38.2 Å². The fourth-order valence-corrected chi connectivity index (χ4v) is 2.16. The Morgan fingerprint density at radius 3 is 2.70 bits per heavy atom. The lowest BCUT2D eigenvalue weighted by Gasteiger charge is -2.18. The van der Waals surface area contributed by atoms with Crippen LogP contribution in [0.1, 0.15) is 16.7 Å². The molecule has 0 radical (unpaired) electrons. The maximum absolute atomic E-state index is 13.6. The topological polar surface area (TPSA) is 66.1 Å². The Morgan fingerprint density at radius 2 is 2.04 bits per heavy atom. The van der Waals surface area contributed by atoms with E-state index in [1.807, 2.05) is 6.07 Å². The van der Waals surface area contributed by atoms with Gasteiger partial charge in [-0.05, 0) is 24.6 Å². The smallest absolute Gasteiger partial charge is 0.269 e. The summed E-state index contributed by atoms with van der Waals surface area (Å²) in [5, 5.41) is 8.99. The molecular weight excluding hydrogens is 297 g/mol. The second kappa shape index (κ2) is 6.88. The van der Waals surface area contributed by atoms with Crippen molar-refractivity contribution in [1.29, 1.82) is 5.26 Å². The molecule has 1 aromatic heterocycles. The number of halogens is 1. The number of rotatable bonds is 4. The number of amides is 1. The first-order chi connectivity index (χ1) is 10.9. The number of benzene rings is 1. The molecule has 0 spiro atoms. The molecule has 0 fully saturated rings. The lowest BCUT2D eigenvalue weighted by Crippen LogP contribution is -2.34. The van der Waals surface area contributed by atoms with Gasteiger partial charge in [-0.15, -0.1) is 0 Å². The fraction of sp³-hybridized carbons (Fsp3) is 0.235. The first-order valence-corrected chi connectivity index (χ1v) is 7.01. The van der Waals surface area contributed by atoms with Gasteiger partial charge < -0.3 is 9.47 Å². The van der Waals surface area contributed by atoms with Gasteiger partial charge in [0.05, 0.1) is 0 Å². The Labute approximate surface area is 133 Å². The van der Waals surface area contributed by atoms with E-state index in [0.717, 1.165) is 0 Å². The van der Waals surface area contributed by atoms with E-state index in [2.05, 4.69) is 0 Å². The van der Waals surface area contributed by atoms with E-state index in [1.165, 1.54) is 21.7 Å².